The molecule has 0 bridgehead atoms. The molecule has 2 aromatic rings. The van der Waals surface area contributed by atoms with E-state index in [4.69, 9.17) is 16.3 Å². The van der Waals surface area contributed by atoms with E-state index < -0.39 is 0 Å². The summed E-state index contributed by atoms with van der Waals surface area (Å²) in [5, 5.41) is 10.2. The molecule has 0 N–H and O–H groups in total. The second-order valence-electron chi connectivity index (χ2n) is 7.27. The topological polar surface area (TPSA) is 53.3 Å². The SMILES string of the molecule is COCCCc1ccc(Cl)c(CN(C(=O)C(C#N)=Cc2ccccc2)C2CC2)c1. The van der Waals surface area contributed by atoms with Gasteiger partial charge in [0.15, 0.2) is 0 Å². The number of halogens is 1. The minimum Gasteiger partial charge on any atom is -0.385 e. The number of hydrogen-bond acceptors (Lipinski definition) is 3. The third kappa shape index (κ3) is 5.93. The molecule has 1 aliphatic rings. The molecule has 29 heavy (non-hydrogen) atoms. The van der Waals surface area contributed by atoms with Gasteiger partial charge in [0, 0.05) is 31.3 Å². The fourth-order valence-electron chi connectivity index (χ4n) is 3.27. The Labute approximate surface area is 177 Å². The number of amides is 1. The van der Waals surface area contributed by atoms with Crippen molar-refractivity contribution in [1.82, 2.24) is 4.90 Å². The summed E-state index contributed by atoms with van der Waals surface area (Å²) in [6.45, 7) is 1.12. The van der Waals surface area contributed by atoms with E-state index in [1.165, 1.54) is 5.56 Å². The van der Waals surface area contributed by atoms with Crippen LogP contribution in [0.5, 0.6) is 0 Å². The summed E-state index contributed by atoms with van der Waals surface area (Å²) >= 11 is 6.43. The summed E-state index contributed by atoms with van der Waals surface area (Å²) in [7, 11) is 1.70. The highest BCUT2D eigenvalue weighted by Crippen LogP contribution is 2.31. The number of aryl methyl sites for hydroxylation is 1. The average molecular weight is 409 g/mol. The van der Waals surface area contributed by atoms with Crippen LogP contribution in [0.15, 0.2) is 54.1 Å². The Kier molecular flexibility index (Phi) is 7.46. The number of carbonyl (C=O) groups is 1. The van der Waals surface area contributed by atoms with Gasteiger partial charge in [0.05, 0.1) is 0 Å². The normalized spacial score (nSPS) is 13.8. The van der Waals surface area contributed by atoms with Crippen LogP contribution in [0, 0.1) is 11.3 Å². The van der Waals surface area contributed by atoms with Crippen molar-refractivity contribution in [1.29, 1.82) is 5.26 Å². The third-order valence-electron chi connectivity index (χ3n) is 4.97. The molecule has 150 valence electrons. The van der Waals surface area contributed by atoms with Crippen molar-refractivity contribution < 1.29 is 9.53 Å². The van der Waals surface area contributed by atoms with Gasteiger partial charge in [0.2, 0.25) is 0 Å². The number of carbonyl (C=O) groups excluding carboxylic acids is 1. The second-order valence-corrected chi connectivity index (χ2v) is 7.67. The minimum atomic E-state index is -0.236. The summed E-state index contributed by atoms with van der Waals surface area (Å²) in [6.07, 6.45) is 5.40. The first kappa shape index (κ1) is 21.1. The van der Waals surface area contributed by atoms with Crippen LogP contribution in [0.4, 0.5) is 0 Å². The van der Waals surface area contributed by atoms with Crippen molar-refractivity contribution in [2.75, 3.05) is 13.7 Å². The lowest BCUT2D eigenvalue weighted by molar-refractivity contribution is -0.127. The molecule has 0 atom stereocenters. The number of nitriles is 1. The molecule has 1 saturated carbocycles. The van der Waals surface area contributed by atoms with Crippen molar-refractivity contribution in [2.24, 2.45) is 0 Å². The lowest BCUT2D eigenvalue weighted by atomic mass is 10.1. The lowest BCUT2D eigenvalue weighted by Gasteiger charge is -2.23. The Hall–Kier alpha value is -2.61. The Morgan fingerprint density at radius 3 is 2.69 bits per heavy atom. The van der Waals surface area contributed by atoms with Gasteiger partial charge < -0.3 is 9.64 Å². The van der Waals surface area contributed by atoms with Gasteiger partial charge in [-0.2, -0.15) is 5.26 Å². The highest BCUT2D eigenvalue weighted by Gasteiger charge is 2.34. The molecule has 0 aromatic heterocycles. The van der Waals surface area contributed by atoms with Gasteiger partial charge in [0.25, 0.3) is 5.91 Å². The van der Waals surface area contributed by atoms with Gasteiger partial charge in [-0.3, -0.25) is 4.79 Å². The molecule has 0 aliphatic heterocycles. The van der Waals surface area contributed by atoms with E-state index >= 15 is 0 Å². The maximum absolute atomic E-state index is 13.1. The number of nitrogens with zero attached hydrogens (tertiary/aromatic N) is 2. The number of benzene rings is 2. The van der Waals surface area contributed by atoms with Crippen LogP contribution in [0.2, 0.25) is 5.02 Å². The van der Waals surface area contributed by atoms with E-state index in [-0.39, 0.29) is 17.5 Å². The quantitative estimate of drug-likeness (QED) is 0.332. The zero-order chi connectivity index (χ0) is 20.6. The molecule has 0 heterocycles. The Balaban J connectivity index is 1.80. The minimum absolute atomic E-state index is 0.149. The Morgan fingerprint density at radius 1 is 1.28 bits per heavy atom. The number of hydrogen-bond donors (Lipinski definition) is 0. The monoisotopic (exact) mass is 408 g/mol. The molecule has 3 rings (SSSR count). The van der Waals surface area contributed by atoms with E-state index in [1.807, 2.05) is 42.5 Å². The second kappa shape index (κ2) is 10.2. The largest absolute Gasteiger partial charge is 0.385 e. The van der Waals surface area contributed by atoms with E-state index in [2.05, 4.69) is 12.1 Å². The van der Waals surface area contributed by atoms with Gasteiger partial charge in [-0.25, -0.2) is 0 Å². The number of rotatable bonds is 9. The smallest absolute Gasteiger partial charge is 0.265 e. The van der Waals surface area contributed by atoms with Crippen LogP contribution >= 0.6 is 11.6 Å². The molecular formula is C24H25ClN2O2. The maximum atomic E-state index is 13.1. The Bertz CT molecular complexity index is 914. The third-order valence-corrected chi connectivity index (χ3v) is 5.34. The van der Waals surface area contributed by atoms with Crippen LogP contribution in [0.3, 0.4) is 0 Å². The molecule has 1 amide bonds. The van der Waals surface area contributed by atoms with Crippen molar-refractivity contribution in [3.05, 3.63) is 75.8 Å². The van der Waals surface area contributed by atoms with E-state index in [1.54, 1.807) is 18.1 Å². The summed E-state index contributed by atoms with van der Waals surface area (Å²) < 4.78 is 5.12. The first-order valence-corrected chi connectivity index (χ1v) is 10.2. The zero-order valence-corrected chi connectivity index (χ0v) is 17.4. The van der Waals surface area contributed by atoms with Gasteiger partial charge in [-0.05, 0) is 54.5 Å². The first-order valence-electron chi connectivity index (χ1n) is 9.86. The molecule has 0 radical (unpaired) electrons. The van der Waals surface area contributed by atoms with Gasteiger partial charge in [-0.1, -0.05) is 54.1 Å². The van der Waals surface area contributed by atoms with Gasteiger partial charge in [0.1, 0.15) is 11.6 Å². The van der Waals surface area contributed by atoms with Gasteiger partial charge >= 0.3 is 0 Å². The molecule has 1 aliphatic carbocycles. The standard InChI is InChI=1S/C24H25ClN2O2/c1-29-13-5-8-19-9-12-23(25)21(15-19)17-27(22-10-11-22)24(28)20(16-26)14-18-6-3-2-4-7-18/h2-4,6-7,9,12,14-15,22H,5,8,10-11,13,17H2,1H3. The fourth-order valence-corrected chi connectivity index (χ4v) is 3.45. The summed E-state index contributed by atoms with van der Waals surface area (Å²) in [6, 6.07) is 17.7. The zero-order valence-electron chi connectivity index (χ0n) is 16.6. The van der Waals surface area contributed by atoms with Crippen LogP contribution in [0.1, 0.15) is 36.0 Å². The molecule has 0 unspecified atom stereocenters. The predicted molar refractivity (Wildman–Crippen MR) is 115 cm³/mol. The molecule has 0 saturated heterocycles. The van der Waals surface area contributed by atoms with Crippen molar-refractivity contribution in [2.45, 2.75) is 38.3 Å². The van der Waals surface area contributed by atoms with Gasteiger partial charge in [-0.15, -0.1) is 0 Å². The molecular weight excluding hydrogens is 384 g/mol. The van der Waals surface area contributed by atoms with E-state index in [9.17, 15) is 10.1 Å². The molecule has 2 aromatic carbocycles. The maximum Gasteiger partial charge on any atom is 0.265 e. The summed E-state index contributed by atoms with van der Waals surface area (Å²) in [5.74, 6) is -0.236. The fraction of sp³-hybridized carbons (Fsp3) is 0.333. The number of ether oxygens (including phenoxy) is 1. The van der Waals surface area contributed by atoms with Crippen molar-refractivity contribution in [3.63, 3.8) is 0 Å². The highest BCUT2D eigenvalue weighted by atomic mass is 35.5. The Morgan fingerprint density at radius 2 is 2.03 bits per heavy atom. The van der Waals surface area contributed by atoms with Crippen molar-refractivity contribution >= 4 is 23.6 Å². The summed E-state index contributed by atoms with van der Waals surface area (Å²) in [4.78, 5) is 14.9. The summed E-state index contributed by atoms with van der Waals surface area (Å²) in [5.41, 5.74) is 3.07. The van der Waals surface area contributed by atoms with Crippen LogP contribution in [0.25, 0.3) is 6.08 Å². The van der Waals surface area contributed by atoms with Crippen LogP contribution < -0.4 is 0 Å². The molecule has 5 heteroatoms. The predicted octanol–water partition coefficient (Wildman–Crippen LogP) is 5.02. The lowest BCUT2D eigenvalue weighted by Crippen LogP contribution is -2.33. The molecule has 0 spiro atoms. The van der Waals surface area contributed by atoms with Crippen molar-refractivity contribution in [3.8, 4) is 6.07 Å². The molecule has 1 fully saturated rings. The van der Waals surface area contributed by atoms with Crippen LogP contribution in [-0.4, -0.2) is 30.6 Å². The van der Waals surface area contributed by atoms with E-state index in [0.29, 0.717) is 18.2 Å². The molecule has 4 nitrogen and oxygen atoms in total. The average Bonchev–Trinajstić information content (AvgIpc) is 3.58. The highest BCUT2D eigenvalue weighted by molar-refractivity contribution is 6.31. The number of methoxy groups -OCH3 is 1. The van der Waals surface area contributed by atoms with E-state index in [0.717, 1.165) is 36.8 Å². The first-order chi connectivity index (χ1) is 14.1. The van der Waals surface area contributed by atoms with Crippen LogP contribution in [-0.2, 0) is 22.5 Å².